The van der Waals surface area contributed by atoms with Gasteiger partial charge in [0.1, 0.15) is 31.3 Å². The number of rotatable bonds is 19. The summed E-state index contributed by atoms with van der Waals surface area (Å²) in [6.45, 7) is 2.58. The Bertz CT molecular complexity index is 1440. The van der Waals surface area contributed by atoms with Crippen LogP contribution in [0.4, 0.5) is 0 Å². The third-order valence-electron chi connectivity index (χ3n) is 7.76. The van der Waals surface area contributed by atoms with E-state index in [0.717, 1.165) is 16.7 Å². The van der Waals surface area contributed by atoms with Gasteiger partial charge in [-0.2, -0.15) is 0 Å². The van der Waals surface area contributed by atoms with Gasteiger partial charge in [0.15, 0.2) is 0 Å². The Balaban J connectivity index is 1.22. The second-order valence-electron chi connectivity index (χ2n) is 11.6. The van der Waals surface area contributed by atoms with Crippen LogP contribution in [0.2, 0.25) is 0 Å². The molecule has 0 aliphatic carbocycles. The normalized spacial score (nSPS) is 16.5. The molecule has 1 aliphatic rings. The van der Waals surface area contributed by atoms with E-state index in [9.17, 15) is 19.2 Å². The molecule has 3 aromatic carbocycles. The van der Waals surface area contributed by atoms with E-state index in [2.05, 4.69) is 10.6 Å². The summed E-state index contributed by atoms with van der Waals surface area (Å²) in [5, 5.41) is 8.08. The van der Waals surface area contributed by atoms with E-state index in [-0.39, 0.29) is 57.1 Å². The third-order valence-corrected chi connectivity index (χ3v) is 7.76. The Hall–Kier alpha value is -4.62. The lowest BCUT2D eigenvalue weighted by Crippen LogP contribution is -2.61. The SMILES string of the molecule is CC(=O)N(CCC[C@@H]1NC(=O)[C@H](CCCN(OCc2ccccc2)C(=O)[C@@H](N)COCc2ccccc2)NC1=O)OCc1ccccc1. The van der Waals surface area contributed by atoms with Crippen LogP contribution in [0.15, 0.2) is 91.0 Å². The summed E-state index contributed by atoms with van der Waals surface area (Å²) in [6.07, 6.45) is 1.44. The summed E-state index contributed by atoms with van der Waals surface area (Å²) in [5.74, 6) is -1.30. The van der Waals surface area contributed by atoms with Crippen molar-refractivity contribution in [3.8, 4) is 0 Å². The van der Waals surface area contributed by atoms with E-state index >= 15 is 0 Å². The summed E-state index contributed by atoms with van der Waals surface area (Å²) in [6, 6.07) is 26.1. The van der Waals surface area contributed by atoms with Gasteiger partial charge in [-0.05, 0) is 42.4 Å². The highest BCUT2D eigenvalue weighted by Crippen LogP contribution is 2.13. The standard InChI is InChI=1S/C36H45N5O7/c1-27(42)40(47-24-29-15-7-3-8-16-29)21-11-19-32-34(43)39-33(35(44)38-32)20-12-22-41(48-25-30-17-9-4-10-18-30)36(45)31(37)26-46-23-28-13-5-2-6-14-28/h2-10,13-18,31-33H,11-12,19-26,37H2,1H3,(H,38,44)(H,39,43)/t31-,32-,33-/m0/s1. The topological polar surface area (TPSA) is 153 Å². The highest BCUT2D eigenvalue weighted by molar-refractivity contribution is 5.96. The minimum atomic E-state index is -0.953. The van der Waals surface area contributed by atoms with Crippen molar-refractivity contribution >= 4 is 23.6 Å². The van der Waals surface area contributed by atoms with Gasteiger partial charge >= 0.3 is 0 Å². The van der Waals surface area contributed by atoms with Gasteiger partial charge in [0.25, 0.3) is 5.91 Å². The Morgan fingerprint density at radius 3 is 1.56 bits per heavy atom. The van der Waals surface area contributed by atoms with Gasteiger partial charge in [-0.15, -0.1) is 0 Å². The number of amides is 4. The molecule has 0 aromatic heterocycles. The molecule has 4 amide bonds. The van der Waals surface area contributed by atoms with Gasteiger partial charge in [-0.3, -0.25) is 28.9 Å². The van der Waals surface area contributed by atoms with Crippen LogP contribution in [0.3, 0.4) is 0 Å². The third kappa shape index (κ3) is 11.9. The number of hydroxylamine groups is 4. The fraction of sp³-hybridized carbons (Fsp3) is 0.389. The first-order chi connectivity index (χ1) is 23.3. The van der Waals surface area contributed by atoms with E-state index in [1.54, 1.807) is 0 Å². The van der Waals surface area contributed by atoms with Gasteiger partial charge < -0.3 is 21.1 Å². The predicted molar refractivity (Wildman–Crippen MR) is 178 cm³/mol. The van der Waals surface area contributed by atoms with Crippen molar-refractivity contribution in [3.63, 3.8) is 0 Å². The molecule has 1 aliphatic heterocycles. The van der Waals surface area contributed by atoms with Crippen LogP contribution in [0.1, 0.15) is 49.3 Å². The van der Waals surface area contributed by atoms with Gasteiger partial charge in [0.2, 0.25) is 17.7 Å². The van der Waals surface area contributed by atoms with E-state index in [0.29, 0.717) is 25.9 Å². The average molecular weight is 660 g/mol. The van der Waals surface area contributed by atoms with Crippen molar-refractivity contribution < 1.29 is 33.6 Å². The van der Waals surface area contributed by atoms with Gasteiger partial charge in [0, 0.05) is 20.0 Å². The number of hydrogen-bond donors (Lipinski definition) is 3. The molecule has 4 rings (SSSR count). The number of benzene rings is 3. The maximum absolute atomic E-state index is 13.3. The molecule has 1 fully saturated rings. The summed E-state index contributed by atoms with van der Waals surface area (Å²) in [5.41, 5.74) is 8.97. The summed E-state index contributed by atoms with van der Waals surface area (Å²) in [4.78, 5) is 62.6. The molecule has 3 aromatic rings. The molecule has 4 N–H and O–H groups in total. The number of piperazine rings is 1. The lowest BCUT2D eigenvalue weighted by molar-refractivity contribution is -0.194. The van der Waals surface area contributed by atoms with E-state index < -0.39 is 24.0 Å². The molecule has 256 valence electrons. The highest BCUT2D eigenvalue weighted by atomic mass is 16.7. The molecule has 0 saturated carbocycles. The summed E-state index contributed by atoms with van der Waals surface area (Å²) in [7, 11) is 0. The number of carbonyl (C=O) groups excluding carboxylic acids is 4. The number of carbonyl (C=O) groups is 4. The van der Waals surface area contributed by atoms with Crippen LogP contribution < -0.4 is 16.4 Å². The maximum atomic E-state index is 13.3. The first-order valence-corrected chi connectivity index (χ1v) is 16.2. The fourth-order valence-corrected chi connectivity index (χ4v) is 5.10. The minimum absolute atomic E-state index is 0.00469. The van der Waals surface area contributed by atoms with E-state index in [4.69, 9.17) is 20.1 Å². The lowest BCUT2D eigenvalue weighted by Gasteiger charge is -2.31. The molecular weight excluding hydrogens is 614 g/mol. The summed E-state index contributed by atoms with van der Waals surface area (Å²) >= 11 is 0. The molecule has 0 bridgehead atoms. The molecule has 12 heteroatoms. The quantitative estimate of drug-likeness (QED) is 0.166. The first kappa shape index (κ1) is 36.2. The first-order valence-electron chi connectivity index (χ1n) is 16.2. The second-order valence-corrected chi connectivity index (χ2v) is 11.6. The average Bonchev–Trinajstić information content (AvgIpc) is 3.10. The van der Waals surface area contributed by atoms with Crippen LogP contribution in [0.5, 0.6) is 0 Å². The zero-order valence-corrected chi connectivity index (χ0v) is 27.3. The van der Waals surface area contributed by atoms with Crippen molar-refractivity contribution in [1.82, 2.24) is 20.8 Å². The number of nitrogens with zero attached hydrogens (tertiary/aromatic N) is 2. The van der Waals surface area contributed by atoms with Crippen LogP contribution in [0, 0.1) is 0 Å². The molecule has 0 unspecified atom stereocenters. The largest absolute Gasteiger partial charge is 0.375 e. The van der Waals surface area contributed by atoms with Crippen LogP contribution in [-0.2, 0) is 53.4 Å². The van der Waals surface area contributed by atoms with E-state index in [1.807, 2.05) is 91.0 Å². The second kappa shape index (κ2) is 19.3. The summed E-state index contributed by atoms with van der Waals surface area (Å²) < 4.78 is 5.68. The lowest BCUT2D eigenvalue weighted by atomic mass is 10.0. The Labute approximate surface area is 281 Å². The van der Waals surface area contributed by atoms with Crippen molar-refractivity contribution in [2.45, 2.75) is 70.6 Å². The fourth-order valence-electron chi connectivity index (χ4n) is 5.10. The molecule has 1 saturated heterocycles. The molecular formula is C36H45N5O7. The van der Waals surface area contributed by atoms with Crippen LogP contribution in [-0.4, -0.2) is 71.6 Å². The zero-order valence-electron chi connectivity index (χ0n) is 27.3. The van der Waals surface area contributed by atoms with Crippen molar-refractivity contribution in [1.29, 1.82) is 0 Å². The Morgan fingerprint density at radius 2 is 1.10 bits per heavy atom. The maximum Gasteiger partial charge on any atom is 0.265 e. The molecule has 0 spiro atoms. The van der Waals surface area contributed by atoms with Gasteiger partial charge in [-0.25, -0.2) is 10.1 Å². The number of nitrogens with one attached hydrogen (secondary N) is 2. The van der Waals surface area contributed by atoms with Crippen molar-refractivity contribution in [3.05, 3.63) is 108 Å². The number of nitrogens with two attached hydrogens (primary N) is 1. The van der Waals surface area contributed by atoms with Gasteiger partial charge in [0.05, 0.1) is 13.2 Å². The predicted octanol–water partition coefficient (Wildman–Crippen LogP) is 3.01. The Morgan fingerprint density at radius 1 is 0.688 bits per heavy atom. The van der Waals surface area contributed by atoms with Crippen LogP contribution >= 0.6 is 0 Å². The zero-order chi connectivity index (χ0) is 34.1. The highest BCUT2D eigenvalue weighted by Gasteiger charge is 2.33. The molecule has 3 atom stereocenters. The van der Waals surface area contributed by atoms with Gasteiger partial charge in [-0.1, -0.05) is 91.0 Å². The number of ether oxygens (including phenoxy) is 1. The molecule has 0 radical (unpaired) electrons. The molecule has 48 heavy (non-hydrogen) atoms. The molecule has 12 nitrogen and oxygen atoms in total. The number of hydrogen-bond acceptors (Lipinski definition) is 8. The smallest absolute Gasteiger partial charge is 0.265 e. The van der Waals surface area contributed by atoms with Crippen molar-refractivity contribution in [2.24, 2.45) is 5.73 Å². The van der Waals surface area contributed by atoms with E-state index in [1.165, 1.54) is 17.1 Å². The molecule has 1 heterocycles. The minimum Gasteiger partial charge on any atom is -0.375 e. The Kier molecular flexibility index (Phi) is 14.5. The van der Waals surface area contributed by atoms with Crippen LogP contribution in [0.25, 0.3) is 0 Å². The monoisotopic (exact) mass is 659 g/mol. The van der Waals surface area contributed by atoms with Crippen molar-refractivity contribution in [2.75, 3.05) is 19.7 Å².